The van der Waals surface area contributed by atoms with Gasteiger partial charge in [0.05, 0.1) is 22.4 Å². The van der Waals surface area contributed by atoms with Crippen molar-refractivity contribution in [3.8, 4) is 5.75 Å². The lowest BCUT2D eigenvalue weighted by Crippen LogP contribution is -2.43. The largest absolute Gasteiger partial charge is 0.492 e. The highest BCUT2D eigenvalue weighted by atomic mass is 35.5. The third-order valence-electron chi connectivity index (χ3n) is 5.37. The topological polar surface area (TPSA) is 75.7 Å². The third kappa shape index (κ3) is 4.96. The maximum Gasteiger partial charge on any atom is 0.243 e. The summed E-state index contributed by atoms with van der Waals surface area (Å²) in [5, 5.41) is 3.17. The number of anilines is 1. The molecule has 1 amide bonds. The molecule has 0 saturated carbocycles. The molecule has 2 aromatic carbocycles. The summed E-state index contributed by atoms with van der Waals surface area (Å²) in [6, 6.07) is 10.2. The molecule has 0 aliphatic carbocycles. The van der Waals surface area contributed by atoms with Gasteiger partial charge in [-0.1, -0.05) is 17.7 Å². The molecule has 1 fully saturated rings. The van der Waals surface area contributed by atoms with Crippen LogP contribution in [0.4, 0.5) is 5.69 Å². The molecule has 1 aliphatic heterocycles. The van der Waals surface area contributed by atoms with Crippen LogP contribution < -0.4 is 10.1 Å². The molecule has 0 unspecified atom stereocenters. The summed E-state index contributed by atoms with van der Waals surface area (Å²) in [4.78, 5) is 12.9. The second kappa shape index (κ2) is 9.37. The predicted molar refractivity (Wildman–Crippen MR) is 119 cm³/mol. The van der Waals surface area contributed by atoms with Gasteiger partial charge in [0.15, 0.2) is 0 Å². The molecule has 3 rings (SSSR count). The molecule has 0 aromatic heterocycles. The summed E-state index contributed by atoms with van der Waals surface area (Å²) in [6.45, 7) is 6.79. The third-order valence-corrected chi connectivity index (χ3v) is 7.53. The lowest BCUT2D eigenvalue weighted by atomic mass is 9.98. The number of carbonyl (C=O) groups is 1. The minimum Gasteiger partial charge on any atom is -0.492 e. The van der Waals surface area contributed by atoms with Crippen LogP contribution in [0.15, 0.2) is 41.3 Å². The summed E-state index contributed by atoms with van der Waals surface area (Å²) in [5.41, 5.74) is 2.96. The van der Waals surface area contributed by atoms with Crippen molar-refractivity contribution in [1.29, 1.82) is 0 Å². The van der Waals surface area contributed by atoms with Gasteiger partial charge in [-0.05, 0) is 75.1 Å². The van der Waals surface area contributed by atoms with Crippen molar-refractivity contribution in [3.05, 3.63) is 52.5 Å². The number of amides is 1. The summed E-state index contributed by atoms with van der Waals surface area (Å²) in [5.74, 6) is -0.126. The van der Waals surface area contributed by atoms with E-state index in [1.54, 1.807) is 6.07 Å². The van der Waals surface area contributed by atoms with E-state index >= 15 is 0 Å². The van der Waals surface area contributed by atoms with Crippen molar-refractivity contribution in [1.82, 2.24) is 4.31 Å². The number of halogens is 1. The Bertz CT molecular complexity index is 1040. The number of hydrogen-bond donors (Lipinski definition) is 1. The Balaban J connectivity index is 1.73. The van der Waals surface area contributed by atoms with Crippen molar-refractivity contribution in [2.24, 2.45) is 5.92 Å². The van der Waals surface area contributed by atoms with Crippen molar-refractivity contribution in [3.63, 3.8) is 0 Å². The van der Waals surface area contributed by atoms with Crippen molar-refractivity contribution in [2.75, 3.05) is 25.0 Å². The highest BCUT2D eigenvalue weighted by molar-refractivity contribution is 7.89. The van der Waals surface area contributed by atoms with Crippen LogP contribution in [-0.4, -0.2) is 38.3 Å². The fraction of sp³-hybridized carbons (Fsp3) is 0.409. The zero-order chi connectivity index (χ0) is 21.9. The molecule has 162 valence electrons. The van der Waals surface area contributed by atoms with E-state index in [0.29, 0.717) is 31.7 Å². The number of carbonyl (C=O) groups excluding carboxylic acids is 1. The zero-order valence-electron chi connectivity index (χ0n) is 17.4. The molecule has 1 aliphatic rings. The molecule has 1 N–H and O–H groups in total. The minimum atomic E-state index is -3.75. The monoisotopic (exact) mass is 450 g/mol. The number of hydrogen-bond acceptors (Lipinski definition) is 4. The molecule has 30 heavy (non-hydrogen) atoms. The van der Waals surface area contributed by atoms with Crippen LogP contribution in [0.1, 0.15) is 30.9 Å². The number of piperidine rings is 1. The molecular formula is C22H27ClN2O4S. The summed E-state index contributed by atoms with van der Waals surface area (Å²) in [6.07, 6.45) is 1.27. The normalized spacial score (nSPS) is 17.5. The van der Waals surface area contributed by atoms with E-state index < -0.39 is 15.9 Å². The van der Waals surface area contributed by atoms with Gasteiger partial charge in [-0.3, -0.25) is 4.79 Å². The van der Waals surface area contributed by atoms with E-state index in [1.807, 2.05) is 39.0 Å². The second-order valence-electron chi connectivity index (χ2n) is 7.52. The van der Waals surface area contributed by atoms with E-state index in [0.717, 1.165) is 16.8 Å². The Labute approximate surface area is 183 Å². The quantitative estimate of drug-likeness (QED) is 0.707. The lowest BCUT2D eigenvalue weighted by molar-refractivity contribution is -0.120. The highest BCUT2D eigenvalue weighted by Gasteiger charge is 2.33. The van der Waals surface area contributed by atoms with E-state index in [2.05, 4.69) is 5.32 Å². The Morgan fingerprint density at radius 2 is 1.97 bits per heavy atom. The summed E-state index contributed by atoms with van der Waals surface area (Å²) < 4.78 is 33.0. The van der Waals surface area contributed by atoms with Crippen LogP contribution in [0.3, 0.4) is 0 Å². The van der Waals surface area contributed by atoms with Crippen LogP contribution in [-0.2, 0) is 14.8 Å². The number of nitrogens with zero attached hydrogens (tertiary/aromatic N) is 1. The van der Waals surface area contributed by atoms with Gasteiger partial charge in [-0.25, -0.2) is 8.42 Å². The van der Waals surface area contributed by atoms with Crippen molar-refractivity contribution in [2.45, 2.75) is 38.5 Å². The maximum atomic E-state index is 13.1. The summed E-state index contributed by atoms with van der Waals surface area (Å²) in [7, 11) is -3.75. The number of ether oxygens (including phenoxy) is 1. The Morgan fingerprint density at radius 3 is 2.63 bits per heavy atom. The van der Waals surface area contributed by atoms with Crippen molar-refractivity contribution < 1.29 is 17.9 Å². The van der Waals surface area contributed by atoms with E-state index in [9.17, 15) is 13.2 Å². The fourth-order valence-electron chi connectivity index (χ4n) is 3.50. The number of nitrogens with one attached hydrogen (secondary N) is 1. The van der Waals surface area contributed by atoms with Gasteiger partial charge in [0.2, 0.25) is 15.9 Å². The molecule has 6 nitrogen and oxygen atoms in total. The first-order valence-electron chi connectivity index (χ1n) is 10.0. The van der Waals surface area contributed by atoms with Crippen LogP contribution >= 0.6 is 11.6 Å². The van der Waals surface area contributed by atoms with Crippen LogP contribution in [0.25, 0.3) is 0 Å². The summed E-state index contributed by atoms with van der Waals surface area (Å²) >= 11 is 6.17. The van der Waals surface area contributed by atoms with Gasteiger partial charge in [0.1, 0.15) is 5.75 Å². The Kier molecular flexibility index (Phi) is 7.06. The molecule has 0 radical (unpaired) electrons. The van der Waals surface area contributed by atoms with E-state index in [-0.39, 0.29) is 22.4 Å². The van der Waals surface area contributed by atoms with Gasteiger partial charge in [0.25, 0.3) is 0 Å². The Morgan fingerprint density at radius 1 is 1.20 bits per heavy atom. The standard InChI is InChI=1S/C22H27ClN2O4S/c1-4-29-21-10-9-19(13-20(21)23)30(27,28)25-11-5-6-17(14-25)22(26)24-18-8-7-15(2)16(3)12-18/h7-10,12-13,17H,4-6,11,14H2,1-3H3,(H,24,26)/t17-/m1/s1. The number of benzene rings is 2. The lowest BCUT2D eigenvalue weighted by Gasteiger charge is -2.31. The van der Waals surface area contributed by atoms with Gasteiger partial charge in [-0.2, -0.15) is 4.31 Å². The first-order valence-corrected chi connectivity index (χ1v) is 11.8. The molecule has 2 aromatic rings. The predicted octanol–water partition coefficient (Wildman–Crippen LogP) is 4.39. The van der Waals surface area contributed by atoms with Crippen molar-refractivity contribution >= 4 is 33.2 Å². The van der Waals surface area contributed by atoms with Gasteiger partial charge in [-0.15, -0.1) is 0 Å². The van der Waals surface area contributed by atoms with Crippen LogP contribution in [0.2, 0.25) is 5.02 Å². The Hall–Kier alpha value is -2.09. The first-order chi connectivity index (χ1) is 14.2. The molecule has 1 saturated heterocycles. The van der Waals surface area contributed by atoms with Crippen LogP contribution in [0.5, 0.6) is 5.75 Å². The zero-order valence-corrected chi connectivity index (χ0v) is 19.0. The number of rotatable bonds is 6. The average molecular weight is 451 g/mol. The van der Waals surface area contributed by atoms with Gasteiger partial charge in [0, 0.05) is 18.8 Å². The molecule has 0 bridgehead atoms. The number of sulfonamides is 1. The number of aryl methyl sites for hydroxylation is 2. The molecular weight excluding hydrogens is 424 g/mol. The molecule has 1 heterocycles. The van der Waals surface area contributed by atoms with Crippen LogP contribution in [0, 0.1) is 19.8 Å². The fourth-order valence-corrected chi connectivity index (χ4v) is 5.35. The smallest absolute Gasteiger partial charge is 0.243 e. The molecule has 8 heteroatoms. The minimum absolute atomic E-state index is 0.103. The average Bonchev–Trinajstić information content (AvgIpc) is 2.72. The van der Waals surface area contributed by atoms with Gasteiger partial charge < -0.3 is 10.1 Å². The van der Waals surface area contributed by atoms with E-state index in [1.165, 1.54) is 16.4 Å². The second-order valence-corrected chi connectivity index (χ2v) is 9.86. The molecule has 1 atom stereocenters. The highest BCUT2D eigenvalue weighted by Crippen LogP contribution is 2.30. The maximum absolute atomic E-state index is 13.1. The van der Waals surface area contributed by atoms with Gasteiger partial charge >= 0.3 is 0 Å². The SMILES string of the molecule is CCOc1ccc(S(=O)(=O)N2CCC[C@@H](C(=O)Nc3ccc(C)c(C)c3)C2)cc1Cl. The first kappa shape index (κ1) is 22.6. The molecule has 0 spiro atoms. The van der Waals surface area contributed by atoms with E-state index in [4.69, 9.17) is 16.3 Å².